The Morgan fingerprint density at radius 3 is 2.58 bits per heavy atom. The number of hydrogen-bond donors (Lipinski definition) is 1. The largest absolute Gasteiger partial charge is 0.351 e. The van der Waals surface area contributed by atoms with Crippen molar-refractivity contribution in [2.75, 3.05) is 6.54 Å². The van der Waals surface area contributed by atoms with Gasteiger partial charge in [-0.15, -0.1) is 0 Å². The second-order valence-corrected chi connectivity index (χ2v) is 8.26. The van der Waals surface area contributed by atoms with E-state index in [0.717, 1.165) is 10.9 Å². The Morgan fingerprint density at radius 1 is 1.42 bits per heavy atom. The smallest absolute Gasteiger partial charge is 0.251 e. The van der Waals surface area contributed by atoms with Gasteiger partial charge in [0.25, 0.3) is 5.91 Å². The number of benzene rings is 1. The number of nitrogens with one attached hydrogen (secondary N) is 1. The summed E-state index contributed by atoms with van der Waals surface area (Å²) in [5.74, 6) is -0.104. The maximum atomic E-state index is 12.0. The fourth-order valence-electron chi connectivity index (χ4n) is 1.68. The van der Waals surface area contributed by atoms with E-state index in [4.69, 9.17) is 11.6 Å². The predicted octanol–water partition coefficient (Wildman–Crippen LogP) is 5.03. The molecule has 1 atom stereocenters. The van der Waals surface area contributed by atoms with Gasteiger partial charge in [0.05, 0.1) is 5.02 Å². The van der Waals surface area contributed by atoms with E-state index in [2.05, 4.69) is 57.9 Å². The second-order valence-electron chi connectivity index (χ2n) is 5.70. The van der Waals surface area contributed by atoms with Crippen LogP contribution in [-0.2, 0) is 0 Å². The van der Waals surface area contributed by atoms with Crippen LogP contribution in [0.25, 0.3) is 0 Å². The molecule has 106 valence electrons. The van der Waals surface area contributed by atoms with Crippen molar-refractivity contribution in [1.82, 2.24) is 5.32 Å². The summed E-state index contributed by atoms with van der Waals surface area (Å²) in [4.78, 5) is 12.2. The molecular formula is C14H18Br2ClNO. The van der Waals surface area contributed by atoms with Crippen LogP contribution in [-0.4, -0.2) is 17.3 Å². The Balaban J connectivity index is 2.53. The lowest BCUT2D eigenvalue weighted by Gasteiger charge is -2.22. The van der Waals surface area contributed by atoms with Crippen LogP contribution in [0.15, 0.2) is 22.7 Å². The highest BCUT2D eigenvalue weighted by molar-refractivity contribution is 9.10. The van der Waals surface area contributed by atoms with Crippen molar-refractivity contribution in [3.05, 3.63) is 33.3 Å². The molecule has 0 radical (unpaired) electrons. The zero-order valence-electron chi connectivity index (χ0n) is 11.3. The first-order valence-corrected chi connectivity index (χ1v) is 8.15. The van der Waals surface area contributed by atoms with Crippen LogP contribution >= 0.6 is 43.5 Å². The number of rotatable bonds is 4. The van der Waals surface area contributed by atoms with Crippen molar-refractivity contribution in [2.45, 2.75) is 32.0 Å². The number of halogens is 3. The Morgan fingerprint density at radius 2 is 2.05 bits per heavy atom. The first-order valence-electron chi connectivity index (χ1n) is 6.06. The monoisotopic (exact) mass is 409 g/mol. The van der Waals surface area contributed by atoms with Crippen LogP contribution in [0.5, 0.6) is 0 Å². The zero-order chi connectivity index (χ0) is 14.6. The molecule has 1 unspecified atom stereocenters. The molecule has 0 bridgehead atoms. The summed E-state index contributed by atoms with van der Waals surface area (Å²) in [5, 5.41) is 3.45. The molecule has 0 saturated carbocycles. The minimum atomic E-state index is -0.104. The molecule has 0 spiro atoms. The van der Waals surface area contributed by atoms with Gasteiger partial charge in [0, 0.05) is 21.4 Å². The molecule has 1 aromatic rings. The van der Waals surface area contributed by atoms with Crippen LogP contribution in [0.4, 0.5) is 0 Å². The number of carbonyl (C=O) groups is 1. The minimum Gasteiger partial charge on any atom is -0.351 e. The van der Waals surface area contributed by atoms with E-state index in [-0.39, 0.29) is 16.1 Å². The zero-order valence-corrected chi connectivity index (χ0v) is 15.2. The predicted molar refractivity (Wildman–Crippen MR) is 88.3 cm³/mol. The first kappa shape index (κ1) is 17.0. The number of carbonyl (C=O) groups excluding carboxylic acids is 1. The molecule has 0 aromatic heterocycles. The van der Waals surface area contributed by atoms with Crippen molar-refractivity contribution in [3.8, 4) is 0 Å². The summed E-state index contributed by atoms with van der Waals surface area (Å²) in [6.45, 7) is 7.14. The normalized spacial score (nSPS) is 13.2. The molecule has 0 aliphatic heterocycles. The molecule has 5 heteroatoms. The molecule has 2 nitrogen and oxygen atoms in total. The first-order chi connectivity index (χ1) is 8.69. The molecule has 0 aliphatic carbocycles. The van der Waals surface area contributed by atoms with Crippen molar-refractivity contribution >= 4 is 49.4 Å². The molecule has 0 saturated heterocycles. The molecule has 1 N–H and O–H groups in total. The van der Waals surface area contributed by atoms with Crippen LogP contribution in [0.1, 0.15) is 37.6 Å². The quantitative estimate of drug-likeness (QED) is 0.692. The van der Waals surface area contributed by atoms with Gasteiger partial charge in [-0.3, -0.25) is 4.79 Å². The summed E-state index contributed by atoms with van der Waals surface area (Å²) in [7, 11) is 0. The SMILES string of the molecule is CC(C)(C)CC(Br)CNC(=O)c1ccc(Br)c(Cl)c1. The van der Waals surface area contributed by atoms with Crippen LogP contribution in [0.2, 0.25) is 5.02 Å². The molecule has 0 aliphatic rings. The van der Waals surface area contributed by atoms with Gasteiger partial charge in [0.1, 0.15) is 0 Å². The summed E-state index contributed by atoms with van der Waals surface area (Å²) < 4.78 is 0.789. The highest BCUT2D eigenvalue weighted by Gasteiger charge is 2.17. The van der Waals surface area contributed by atoms with Gasteiger partial charge in [0.15, 0.2) is 0 Å². The summed E-state index contributed by atoms with van der Waals surface area (Å²) in [6, 6.07) is 5.18. The number of alkyl halides is 1. The molecule has 1 amide bonds. The van der Waals surface area contributed by atoms with Gasteiger partial charge in [-0.1, -0.05) is 48.3 Å². The molecular weight excluding hydrogens is 393 g/mol. The van der Waals surface area contributed by atoms with Gasteiger partial charge in [0.2, 0.25) is 0 Å². The van der Waals surface area contributed by atoms with Gasteiger partial charge >= 0.3 is 0 Å². The highest BCUT2D eigenvalue weighted by Crippen LogP contribution is 2.25. The van der Waals surface area contributed by atoms with Gasteiger partial charge < -0.3 is 5.32 Å². The summed E-state index contributed by atoms with van der Waals surface area (Å²) in [5.41, 5.74) is 0.809. The van der Waals surface area contributed by atoms with Crippen LogP contribution in [0.3, 0.4) is 0 Å². The lowest BCUT2D eigenvalue weighted by molar-refractivity contribution is 0.0952. The lowest BCUT2D eigenvalue weighted by atomic mass is 9.90. The van der Waals surface area contributed by atoms with Gasteiger partial charge in [-0.2, -0.15) is 0 Å². The molecule has 19 heavy (non-hydrogen) atoms. The Hall–Kier alpha value is -0.0600. The van der Waals surface area contributed by atoms with E-state index in [1.54, 1.807) is 18.2 Å². The van der Waals surface area contributed by atoms with Crippen molar-refractivity contribution in [3.63, 3.8) is 0 Å². The van der Waals surface area contributed by atoms with Crippen molar-refractivity contribution in [2.24, 2.45) is 5.41 Å². The van der Waals surface area contributed by atoms with E-state index in [0.29, 0.717) is 17.1 Å². The second kappa shape index (κ2) is 7.09. The van der Waals surface area contributed by atoms with Gasteiger partial charge in [-0.25, -0.2) is 0 Å². The Bertz CT molecular complexity index is 457. The minimum absolute atomic E-state index is 0.104. The Kier molecular flexibility index (Phi) is 6.34. The standard InChI is InChI=1S/C14H18Br2ClNO/c1-14(2,3)7-10(15)8-18-13(19)9-4-5-11(16)12(17)6-9/h4-6,10H,7-8H2,1-3H3,(H,18,19). The third-order valence-electron chi connectivity index (χ3n) is 2.50. The Labute approximate surface area is 136 Å². The maximum Gasteiger partial charge on any atom is 0.251 e. The van der Waals surface area contributed by atoms with Crippen LogP contribution in [0, 0.1) is 5.41 Å². The average molecular weight is 412 g/mol. The lowest BCUT2D eigenvalue weighted by Crippen LogP contribution is -2.31. The third-order valence-corrected chi connectivity index (χ3v) is 4.38. The molecule has 1 rings (SSSR count). The van der Waals surface area contributed by atoms with Crippen LogP contribution < -0.4 is 5.32 Å². The van der Waals surface area contributed by atoms with Gasteiger partial charge in [-0.05, 0) is 46.0 Å². The summed E-state index contributed by atoms with van der Waals surface area (Å²) >= 11 is 12.9. The van der Waals surface area contributed by atoms with Crippen molar-refractivity contribution < 1.29 is 4.79 Å². The third kappa shape index (κ3) is 6.28. The van der Waals surface area contributed by atoms with E-state index in [9.17, 15) is 4.79 Å². The number of amides is 1. The molecule has 0 heterocycles. The molecule has 0 fully saturated rings. The summed E-state index contributed by atoms with van der Waals surface area (Å²) in [6.07, 6.45) is 0.994. The fraction of sp³-hybridized carbons (Fsp3) is 0.500. The number of hydrogen-bond acceptors (Lipinski definition) is 1. The maximum absolute atomic E-state index is 12.0. The topological polar surface area (TPSA) is 29.1 Å². The van der Waals surface area contributed by atoms with Crippen molar-refractivity contribution in [1.29, 1.82) is 0 Å². The van der Waals surface area contributed by atoms with E-state index in [1.807, 2.05) is 0 Å². The fourth-order valence-corrected chi connectivity index (χ4v) is 3.24. The molecule has 1 aromatic carbocycles. The van der Waals surface area contributed by atoms with E-state index in [1.165, 1.54) is 0 Å². The van der Waals surface area contributed by atoms with E-state index < -0.39 is 0 Å². The highest BCUT2D eigenvalue weighted by atomic mass is 79.9. The average Bonchev–Trinajstić information content (AvgIpc) is 2.27. The van der Waals surface area contributed by atoms with E-state index >= 15 is 0 Å².